The highest BCUT2D eigenvalue weighted by molar-refractivity contribution is 5.93. The molecule has 0 bridgehead atoms. The number of nitrogens with one attached hydrogen (secondary N) is 3. The average Bonchev–Trinajstić information content (AvgIpc) is 3.41. The minimum absolute atomic E-state index is 0.108. The third-order valence-electron chi connectivity index (χ3n) is 5.79. The van der Waals surface area contributed by atoms with Crippen molar-refractivity contribution >= 4 is 17.8 Å². The number of alkyl carbamates (subject to hydrolysis) is 1. The van der Waals surface area contributed by atoms with Gasteiger partial charge in [-0.2, -0.15) is 5.10 Å². The molecule has 1 aliphatic heterocycles. The summed E-state index contributed by atoms with van der Waals surface area (Å²) >= 11 is 0. The SMILES string of the molecule is CC(CNC(=O)OC1CC(c2cc(NC(=O)[C@H]3CCCO3)[nH]n2)C1)c1ccccc1. The summed E-state index contributed by atoms with van der Waals surface area (Å²) in [5, 5.41) is 12.8. The van der Waals surface area contributed by atoms with Gasteiger partial charge < -0.3 is 20.1 Å². The normalized spacial score (nSPS) is 24.0. The zero-order valence-electron chi connectivity index (χ0n) is 17.1. The van der Waals surface area contributed by atoms with Gasteiger partial charge in [-0.1, -0.05) is 37.3 Å². The second-order valence-corrected chi connectivity index (χ2v) is 8.09. The molecule has 2 aromatic rings. The van der Waals surface area contributed by atoms with Crippen LogP contribution in [0.5, 0.6) is 0 Å². The first-order valence-corrected chi connectivity index (χ1v) is 10.6. The summed E-state index contributed by atoms with van der Waals surface area (Å²) in [6, 6.07) is 11.9. The largest absolute Gasteiger partial charge is 0.446 e. The molecule has 0 radical (unpaired) electrons. The monoisotopic (exact) mass is 412 g/mol. The molecule has 1 saturated heterocycles. The molecule has 8 nitrogen and oxygen atoms in total. The molecule has 30 heavy (non-hydrogen) atoms. The number of aromatic amines is 1. The van der Waals surface area contributed by atoms with E-state index in [1.54, 1.807) is 0 Å². The Morgan fingerprint density at radius 2 is 2.10 bits per heavy atom. The lowest BCUT2D eigenvalue weighted by atomic mass is 9.80. The van der Waals surface area contributed by atoms with Crippen molar-refractivity contribution in [2.75, 3.05) is 18.5 Å². The van der Waals surface area contributed by atoms with E-state index in [4.69, 9.17) is 9.47 Å². The van der Waals surface area contributed by atoms with Crippen LogP contribution in [0, 0.1) is 0 Å². The van der Waals surface area contributed by atoms with Crippen molar-refractivity contribution in [1.82, 2.24) is 15.5 Å². The summed E-state index contributed by atoms with van der Waals surface area (Å²) in [6.07, 6.45) is 2.25. The van der Waals surface area contributed by atoms with Gasteiger partial charge in [0.1, 0.15) is 18.0 Å². The van der Waals surface area contributed by atoms with Crippen LogP contribution in [0.1, 0.15) is 55.7 Å². The van der Waals surface area contributed by atoms with Gasteiger partial charge in [0.2, 0.25) is 0 Å². The van der Waals surface area contributed by atoms with Gasteiger partial charge in [0.25, 0.3) is 5.91 Å². The number of amides is 2. The molecule has 3 N–H and O–H groups in total. The summed E-state index contributed by atoms with van der Waals surface area (Å²) < 4.78 is 10.9. The van der Waals surface area contributed by atoms with E-state index in [0.717, 1.165) is 31.4 Å². The van der Waals surface area contributed by atoms with Crippen molar-refractivity contribution in [2.45, 2.75) is 56.7 Å². The lowest BCUT2D eigenvalue weighted by molar-refractivity contribution is -0.124. The maximum absolute atomic E-state index is 12.1. The Kier molecular flexibility index (Phi) is 6.32. The minimum Gasteiger partial charge on any atom is -0.446 e. The molecule has 4 rings (SSSR count). The van der Waals surface area contributed by atoms with Crippen LogP contribution in [-0.4, -0.2) is 47.6 Å². The highest BCUT2D eigenvalue weighted by atomic mass is 16.6. The van der Waals surface area contributed by atoms with Gasteiger partial charge >= 0.3 is 6.09 Å². The molecule has 2 amide bonds. The molecule has 0 spiro atoms. The molecule has 160 valence electrons. The lowest BCUT2D eigenvalue weighted by Crippen LogP contribution is -2.37. The zero-order chi connectivity index (χ0) is 20.9. The molecule has 1 aliphatic carbocycles. The number of rotatable bonds is 7. The van der Waals surface area contributed by atoms with Crippen LogP contribution in [0.15, 0.2) is 36.4 Å². The molecule has 2 heterocycles. The summed E-state index contributed by atoms with van der Waals surface area (Å²) in [6.45, 7) is 3.24. The van der Waals surface area contributed by atoms with Crippen LogP contribution >= 0.6 is 0 Å². The molecule has 1 saturated carbocycles. The minimum atomic E-state index is -0.382. The van der Waals surface area contributed by atoms with E-state index in [2.05, 4.69) is 39.9 Å². The zero-order valence-corrected chi connectivity index (χ0v) is 17.1. The van der Waals surface area contributed by atoms with Crippen LogP contribution in [0.3, 0.4) is 0 Å². The number of carbonyl (C=O) groups is 2. The van der Waals surface area contributed by atoms with Crippen molar-refractivity contribution in [1.29, 1.82) is 0 Å². The quantitative estimate of drug-likeness (QED) is 0.647. The summed E-state index contributed by atoms with van der Waals surface area (Å²) in [4.78, 5) is 24.2. The van der Waals surface area contributed by atoms with Gasteiger partial charge in [-0.05, 0) is 37.2 Å². The van der Waals surface area contributed by atoms with Crippen LogP contribution in [-0.2, 0) is 14.3 Å². The highest BCUT2D eigenvalue weighted by Gasteiger charge is 2.35. The number of H-pyrrole nitrogens is 1. The van der Waals surface area contributed by atoms with Crippen molar-refractivity contribution < 1.29 is 19.1 Å². The Labute approximate surface area is 175 Å². The van der Waals surface area contributed by atoms with Crippen molar-refractivity contribution in [3.63, 3.8) is 0 Å². The number of aromatic nitrogens is 2. The third kappa shape index (κ3) is 4.99. The smallest absolute Gasteiger partial charge is 0.407 e. The van der Waals surface area contributed by atoms with E-state index < -0.39 is 0 Å². The van der Waals surface area contributed by atoms with Gasteiger partial charge in [0, 0.05) is 25.1 Å². The van der Waals surface area contributed by atoms with Gasteiger partial charge in [-0.15, -0.1) is 0 Å². The molecule has 2 atom stereocenters. The van der Waals surface area contributed by atoms with E-state index in [1.807, 2.05) is 24.3 Å². The third-order valence-corrected chi connectivity index (χ3v) is 5.79. The number of hydrogen-bond acceptors (Lipinski definition) is 5. The Morgan fingerprint density at radius 3 is 2.83 bits per heavy atom. The second-order valence-electron chi connectivity index (χ2n) is 8.09. The van der Waals surface area contributed by atoms with Gasteiger partial charge in [-0.3, -0.25) is 9.89 Å². The number of benzene rings is 1. The fraction of sp³-hybridized carbons (Fsp3) is 0.500. The standard InChI is InChI=1S/C22H28N4O4/c1-14(15-6-3-2-4-7-15)13-23-22(28)30-17-10-16(11-17)18-12-20(26-25-18)24-21(27)19-8-5-9-29-19/h2-4,6-7,12,14,16-17,19H,5,8-11,13H2,1H3,(H,23,28)(H2,24,25,26,27)/t14?,16?,17?,19-/m1/s1. The first kappa shape index (κ1) is 20.4. The van der Waals surface area contributed by atoms with Crippen LogP contribution in [0.2, 0.25) is 0 Å². The fourth-order valence-corrected chi connectivity index (χ4v) is 3.84. The fourth-order valence-electron chi connectivity index (χ4n) is 3.84. The molecule has 8 heteroatoms. The summed E-state index contributed by atoms with van der Waals surface area (Å²) in [5.74, 6) is 0.873. The summed E-state index contributed by atoms with van der Waals surface area (Å²) in [5.41, 5.74) is 2.05. The van der Waals surface area contributed by atoms with Crippen molar-refractivity contribution in [2.24, 2.45) is 0 Å². The van der Waals surface area contributed by atoms with Crippen molar-refractivity contribution in [3.05, 3.63) is 47.7 Å². The maximum Gasteiger partial charge on any atom is 0.407 e. The number of anilines is 1. The van der Waals surface area contributed by atoms with E-state index in [0.29, 0.717) is 19.0 Å². The number of ether oxygens (including phenoxy) is 2. The van der Waals surface area contributed by atoms with E-state index >= 15 is 0 Å². The molecule has 2 fully saturated rings. The Balaban J connectivity index is 1.16. The van der Waals surface area contributed by atoms with Crippen LogP contribution in [0.25, 0.3) is 0 Å². The number of hydrogen-bond donors (Lipinski definition) is 3. The maximum atomic E-state index is 12.1. The van der Waals surface area contributed by atoms with E-state index in [-0.39, 0.29) is 36.0 Å². The topological polar surface area (TPSA) is 105 Å². The molecule has 1 aromatic heterocycles. The Morgan fingerprint density at radius 1 is 1.30 bits per heavy atom. The molecule has 2 aliphatic rings. The molecule has 1 unspecified atom stereocenters. The molecular weight excluding hydrogens is 384 g/mol. The predicted molar refractivity (Wildman–Crippen MR) is 111 cm³/mol. The number of carbonyl (C=O) groups excluding carboxylic acids is 2. The lowest BCUT2D eigenvalue weighted by Gasteiger charge is -2.33. The molecular formula is C22H28N4O4. The van der Waals surface area contributed by atoms with Gasteiger partial charge in [0.05, 0.1) is 5.69 Å². The highest BCUT2D eigenvalue weighted by Crippen LogP contribution is 2.38. The second kappa shape index (κ2) is 9.30. The van der Waals surface area contributed by atoms with E-state index in [1.165, 1.54) is 5.56 Å². The molecule has 1 aromatic carbocycles. The van der Waals surface area contributed by atoms with Gasteiger partial charge in [-0.25, -0.2) is 4.79 Å². The first-order valence-electron chi connectivity index (χ1n) is 10.6. The van der Waals surface area contributed by atoms with Crippen LogP contribution < -0.4 is 10.6 Å². The van der Waals surface area contributed by atoms with E-state index in [9.17, 15) is 9.59 Å². The van der Waals surface area contributed by atoms with Crippen LogP contribution in [0.4, 0.5) is 10.6 Å². The predicted octanol–water partition coefficient (Wildman–Crippen LogP) is 3.30. The van der Waals surface area contributed by atoms with Crippen molar-refractivity contribution in [3.8, 4) is 0 Å². The average molecular weight is 412 g/mol. The Hall–Kier alpha value is -2.87. The number of nitrogens with zero attached hydrogens (tertiary/aromatic N) is 1. The summed E-state index contributed by atoms with van der Waals surface area (Å²) in [7, 11) is 0. The van der Waals surface area contributed by atoms with Gasteiger partial charge in [0.15, 0.2) is 0 Å². The Bertz CT molecular complexity index is 857. The first-order chi connectivity index (χ1) is 14.6.